The van der Waals surface area contributed by atoms with Gasteiger partial charge in [0.25, 0.3) is 0 Å². The van der Waals surface area contributed by atoms with Crippen molar-refractivity contribution in [3.05, 3.63) is 54.0 Å². The van der Waals surface area contributed by atoms with Crippen LogP contribution < -0.4 is 5.32 Å². The molecule has 0 aliphatic carbocycles. The number of nitrogens with one attached hydrogen (secondary N) is 1. The van der Waals surface area contributed by atoms with Gasteiger partial charge in [0, 0.05) is 29.7 Å². The van der Waals surface area contributed by atoms with Gasteiger partial charge in [0.1, 0.15) is 0 Å². The molecule has 0 radical (unpaired) electrons. The lowest BCUT2D eigenvalue weighted by Crippen LogP contribution is -2.23. The smallest absolute Gasteiger partial charge is 0.0792 e. The van der Waals surface area contributed by atoms with E-state index >= 15 is 0 Å². The molecule has 3 nitrogen and oxygen atoms in total. The minimum absolute atomic E-state index is 0.268. The molecular formula is C18H23N3. The topological polar surface area (TPSA) is 29.9 Å². The number of aromatic nitrogens is 2. The fourth-order valence-corrected chi connectivity index (χ4v) is 3.09. The van der Waals surface area contributed by atoms with Crippen LogP contribution in [0.4, 0.5) is 0 Å². The molecule has 1 aromatic carbocycles. The molecule has 3 heteroatoms. The molecule has 0 amide bonds. The van der Waals surface area contributed by atoms with Gasteiger partial charge in [-0.05, 0) is 30.4 Å². The molecule has 2 heterocycles. The molecule has 0 spiro atoms. The Bertz CT molecular complexity index is 721. The first-order chi connectivity index (χ1) is 9.97. The SMILES string of the molecule is C=C1CCC(c2nn(C)c3cc(C(C)C)ccc23)C(=C)N1. The molecule has 1 aliphatic heterocycles. The first kappa shape index (κ1) is 13.9. The van der Waals surface area contributed by atoms with E-state index in [1.807, 2.05) is 11.7 Å². The molecule has 21 heavy (non-hydrogen) atoms. The summed E-state index contributed by atoms with van der Waals surface area (Å²) in [6.45, 7) is 12.6. The molecule has 0 bridgehead atoms. The minimum Gasteiger partial charge on any atom is -0.363 e. The second-order valence-corrected chi connectivity index (χ2v) is 6.29. The van der Waals surface area contributed by atoms with Crippen LogP contribution in [0.5, 0.6) is 0 Å². The lowest BCUT2D eigenvalue weighted by Gasteiger charge is -2.26. The number of nitrogens with zero attached hydrogens (tertiary/aromatic N) is 2. The zero-order valence-electron chi connectivity index (χ0n) is 13.1. The molecule has 1 aliphatic rings. The Labute approximate surface area is 126 Å². The van der Waals surface area contributed by atoms with Crippen LogP contribution in [-0.2, 0) is 7.05 Å². The number of benzene rings is 1. The highest BCUT2D eigenvalue weighted by molar-refractivity contribution is 5.83. The lowest BCUT2D eigenvalue weighted by atomic mass is 9.89. The number of piperidine rings is 1. The maximum absolute atomic E-state index is 4.78. The number of fused-ring (bicyclic) bond motifs is 1. The van der Waals surface area contributed by atoms with Gasteiger partial charge >= 0.3 is 0 Å². The van der Waals surface area contributed by atoms with Crippen LogP contribution in [0.15, 0.2) is 42.8 Å². The summed E-state index contributed by atoms with van der Waals surface area (Å²) in [5.74, 6) is 0.798. The predicted molar refractivity (Wildman–Crippen MR) is 88.2 cm³/mol. The molecular weight excluding hydrogens is 258 g/mol. The van der Waals surface area contributed by atoms with Crippen LogP contribution in [0.2, 0.25) is 0 Å². The molecule has 1 atom stereocenters. The average Bonchev–Trinajstić information content (AvgIpc) is 2.75. The zero-order valence-corrected chi connectivity index (χ0v) is 13.1. The van der Waals surface area contributed by atoms with Crippen molar-refractivity contribution in [3.8, 4) is 0 Å². The van der Waals surface area contributed by atoms with E-state index in [0.29, 0.717) is 5.92 Å². The van der Waals surface area contributed by atoms with Gasteiger partial charge < -0.3 is 5.32 Å². The van der Waals surface area contributed by atoms with Crippen molar-refractivity contribution in [1.29, 1.82) is 0 Å². The van der Waals surface area contributed by atoms with Crippen molar-refractivity contribution in [2.24, 2.45) is 7.05 Å². The van der Waals surface area contributed by atoms with Gasteiger partial charge in [-0.1, -0.05) is 39.1 Å². The van der Waals surface area contributed by atoms with Crippen LogP contribution in [0.25, 0.3) is 10.9 Å². The van der Waals surface area contributed by atoms with Gasteiger partial charge in [-0.3, -0.25) is 4.68 Å². The van der Waals surface area contributed by atoms with E-state index in [-0.39, 0.29) is 5.92 Å². The Morgan fingerprint density at radius 2 is 2.10 bits per heavy atom. The van der Waals surface area contributed by atoms with Crippen LogP contribution in [0.1, 0.15) is 49.8 Å². The summed E-state index contributed by atoms with van der Waals surface area (Å²) in [4.78, 5) is 0. The molecule has 1 fully saturated rings. The lowest BCUT2D eigenvalue weighted by molar-refractivity contribution is 0.575. The van der Waals surface area contributed by atoms with E-state index in [2.05, 4.69) is 50.5 Å². The molecule has 3 rings (SSSR count). The second kappa shape index (κ2) is 5.06. The zero-order chi connectivity index (χ0) is 15.1. The van der Waals surface area contributed by atoms with E-state index in [1.54, 1.807) is 0 Å². The summed E-state index contributed by atoms with van der Waals surface area (Å²) in [6, 6.07) is 6.69. The third-order valence-electron chi connectivity index (χ3n) is 4.39. The van der Waals surface area contributed by atoms with Crippen LogP contribution in [-0.4, -0.2) is 9.78 Å². The molecule has 2 aromatic rings. The van der Waals surface area contributed by atoms with Crippen molar-refractivity contribution in [3.63, 3.8) is 0 Å². The summed E-state index contributed by atoms with van der Waals surface area (Å²) in [5, 5.41) is 9.31. The van der Waals surface area contributed by atoms with Gasteiger partial charge in [0.2, 0.25) is 0 Å². The van der Waals surface area contributed by atoms with Gasteiger partial charge in [-0.2, -0.15) is 5.10 Å². The maximum atomic E-state index is 4.78. The number of allylic oxidation sites excluding steroid dienone is 2. The number of rotatable bonds is 2. The summed E-state index contributed by atoms with van der Waals surface area (Å²) in [7, 11) is 2.02. The third kappa shape index (κ3) is 2.37. The van der Waals surface area contributed by atoms with Gasteiger partial charge in [0.05, 0.1) is 11.2 Å². The third-order valence-corrected chi connectivity index (χ3v) is 4.39. The van der Waals surface area contributed by atoms with Gasteiger partial charge in [0.15, 0.2) is 0 Å². The Balaban J connectivity index is 2.08. The highest BCUT2D eigenvalue weighted by Gasteiger charge is 2.25. The monoisotopic (exact) mass is 281 g/mol. The molecule has 1 aromatic heterocycles. The number of hydrogen-bond acceptors (Lipinski definition) is 2. The van der Waals surface area contributed by atoms with Gasteiger partial charge in [-0.15, -0.1) is 0 Å². The van der Waals surface area contributed by atoms with Crippen molar-refractivity contribution >= 4 is 10.9 Å². The fraction of sp³-hybridized carbons (Fsp3) is 0.389. The van der Waals surface area contributed by atoms with Crippen LogP contribution >= 0.6 is 0 Å². The number of aryl methyl sites for hydroxylation is 1. The van der Waals surface area contributed by atoms with Crippen molar-refractivity contribution < 1.29 is 0 Å². The molecule has 0 saturated carbocycles. The fourth-order valence-electron chi connectivity index (χ4n) is 3.09. The summed E-state index contributed by atoms with van der Waals surface area (Å²) in [6.07, 6.45) is 2.01. The van der Waals surface area contributed by atoms with E-state index in [1.165, 1.54) is 16.5 Å². The van der Waals surface area contributed by atoms with Crippen LogP contribution in [0.3, 0.4) is 0 Å². The summed E-state index contributed by atoms with van der Waals surface area (Å²) >= 11 is 0. The van der Waals surface area contributed by atoms with Gasteiger partial charge in [-0.25, -0.2) is 0 Å². The Morgan fingerprint density at radius 3 is 2.76 bits per heavy atom. The standard InChI is InChI=1S/C18H23N3/c1-11(2)14-7-9-16-17(10-14)21(5)20-18(16)15-8-6-12(3)19-13(15)4/h7,9-11,15,19H,3-4,6,8H2,1-2,5H3. The normalized spacial score (nSPS) is 19.3. The van der Waals surface area contributed by atoms with E-state index in [9.17, 15) is 0 Å². The summed E-state index contributed by atoms with van der Waals surface area (Å²) < 4.78 is 1.99. The van der Waals surface area contributed by atoms with Crippen molar-refractivity contribution in [2.75, 3.05) is 0 Å². The predicted octanol–water partition coefficient (Wildman–Crippen LogP) is 4.19. The Kier molecular flexibility index (Phi) is 3.36. The quantitative estimate of drug-likeness (QED) is 0.894. The second-order valence-electron chi connectivity index (χ2n) is 6.29. The highest BCUT2D eigenvalue weighted by Crippen LogP contribution is 2.36. The molecule has 110 valence electrons. The van der Waals surface area contributed by atoms with E-state index in [4.69, 9.17) is 5.10 Å². The highest BCUT2D eigenvalue weighted by atomic mass is 15.3. The largest absolute Gasteiger partial charge is 0.363 e. The molecule has 1 N–H and O–H groups in total. The molecule has 1 unspecified atom stereocenters. The minimum atomic E-state index is 0.268. The average molecular weight is 281 g/mol. The summed E-state index contributed by atoms with van der Waals surface area (Å²) in [5.41, 5.74) is 5.75. The van der Waals surface area contributed by atoms with Crippen molar-refractivity contribution in [1.82, 2.24) is 15.1 Å². The maximum Gasteiger partial charge on any atom is 0.0792 e. The first-order valence-corrected chi connectivity index (χ1v) is 7.57. The number of hydrogen-bond donors (Lipinski definition) is 1. The van der Waals surface area contributed by atoms with Crippen LogP contribution in [0, 0.1) is 0 Å². The Morgan fingerprint density at radius 1 is 1.33 bits per heavy atom. The van der Waals surface area contributed by atoms with E-state index < -0.39 is 0 Å². The van der Waals surface area contributed by atoms with Crippen molar-refractivity contribution in [2.45, 2.75) is 38.5 Å². The van der Waals surface area contributed by atoms with E-state index in [0.717, 1.165) is 29.9 Å². The molecule has 1 saturated heterocycles. The Hall–Kier alpha value is -2.03. The first-order valence-electron chi connectivity index (χ1n) is 7.57.